The van der Waals surface area contributed by atoms with Crippen LogP contribution in [0.3, 0.4) is 0 Å². The molecule has 31 heavy (non-hydrogen) atoms. The molecule has 2 aliphatic heterocycles. The molecule has 1 aromatic heterocycles. The summed E-state index contributed by atoms with van der Waals surface area (Å²) in [5, 5.41) is 0.428. The summed E-state index contributed by atoms with van der Waals surface area (Å²) in [5.74, 6) is 5.63. The predicted molar refractivity (Wildman–Crippen MR) is 114 cm³/mol. The first-order valence-corrected chi connectivity index (χ1v) is 12.3. The summed E-state index contributed by atoms with van der Waals surface area (Å²) >= 11 is 5.96. The van der Waals surface area contributed by atoms with E-state index in [1.165, 1.54) is 6.42 Å². The highest BCUT2D eigenvalue weighted by atomic mass is 35.5. The second-order valence-corrected chi connectivity index (χ2v) is 10.9. The van der Waals surface area contributed by atoms with Crippen molar-refractivity contribution in [2.75, 3.05) is 44.2 Å². The molecule has 0 spiro atoms. The van der Waals surface area contributed by atoms with E-state index < -0.39 is 0 Å². The summed E-state index contributed by atoms with van der Waals surface area (Å²) in [5.41, 5.74) is 0. The zero-order valence-electron chi connectivity index (χ0n) is 17.6. The number of rotatable bonds is 6. The number of piperazine rings is 1. The molecular formula is C23H28ClN5O2. The van der Waals surface area contributed by atoms with Crippen LogP contribution in [-0.4, -0.2) is 70.9 Å². The second-order valence-electron chi connectivity index (χ2n) is 10.5. The molecule has 8 heteroatoms. The Morgan fingerprint density at radius 3 is 2.16 bits per heavy atom. The fraction of sp³-hybridized carbons (Fsp3) is 0.739. The highest BCUT2D eigenvalue weighted by Crippen LogP contribution is 2.84. The molecule has 2 saturated heterocycles. The Kier molecular flexibility index (Phi) is 4.03. The van der Waals surface area contributed by atoms with Gasteiger partial charge >= 0.3 is 0 Å². The van der Waals surface area contributed by atoms with Gasteiger partial charge in [0.1, 0.15) is 11.0 Å². The normalized spacial score (nSPS) is 42.1. The third-order valence-electron chi connectivity index (χ3n) is 9.43. The molecule has 164 valence electrons. The van der Waals surface area contributed by atoms with Gasteiger partial charge in [0.05, 0.1) is 24.2 Å². The molecule has 8 rings (SSSR count). The van der Waals surface area contributed by atoms with Crippen LogP contribution in [0.2, 0.25) is 5.15 Å². The number of anilines is 1. The largest absolute Gasteiger partial charge is 0.353 e. The van der Waals surface area contributed by atoms with Crippen LogP contribution in [0.4, 0.5) is 5.82 Å². The molecule has 7 fully saturated rings. The van der Waals surface area contributed by atoms with Crippen molar-refractivity contribution in [3.8, 4) is 0 Å². The van der Waals surface area contributed by atoms with Crippen molar-refractivity contribution in [1.29, 1.82) is 0 Å². The molecule has 3 heterocycles. The van der Waals surface area contributed by atoms with Crippen molar-refractivity contribution in [3.63, 3.8) is 0 Å². The Morgan fingerprint density at radius 1 is 0.871 bits per heavy atom. The van der Waals surface area contributed by atoms with E-state index in [-0.39, 0.29) is 23.7 Å². The first kappa shape index (κ1) is 18.8. The Morgan fingerprint density at radius 2 is 1.52 bits per heavy atom. The Balaban J connectivity index is 0.888. The van der Waals surface area contributed by atoms with E-state index in [2.05, 4.69) is 19.8 Å². The van der Waals surface area contributed by atoms with Crippen molar-refractivity contribution >= 4 is 29.2 Å². The second kappa shape index (κ2) is 6.64. The van der Waals surface area contributed by atoms with Gasteiger partial charge in [0.2, 0.25) is 11.8 Å². The van der Waals surface area contributed by atoms with Gasteiger partial charge in [0.25, 0.3) is 0 Å². The molecule has 1 aromatic rings. The van der Waals surface area contributed by atoms with Gasteiger partial charge in [0, 0.05) is 32.7 Å². The minimum atomic E-state index is 0.0546. The van der Waals surface area contributed by atoms with Crippen molar-refractivity contribution in [2.45, 2.75) is 19.3 Å². The third kappa shape index (κ3) is 2.56. The molecule has 0 radical (unpaired) electrons. The van der Waals surface area contributed by atoms with Gasteiger partial charge in [-0.2, -0.15) is 0 Å². The van der Waals surface area contributed by atoms with Crippen LogP contribution >= 0.6 is 11.6 Å². The number of imide groups is 1. The number of unbranched alkanes of at least 4 members (excludes halogenated alkanes) is 1. The lowest BCUT2D eigenvalue weighted by Gasteiger charge is -2.35. The van der Waals surface area contributed by atoms with Crippen molar-refractivity contribution < 1.29 is 9.59 Å². The maximum atomic E-state index is 13.1. The lowest BCUT2D eigenvalue weighted by atomic mass is 9.81. The van der Waals surface area contributed by atoms with Crippen LogP contribution in [0.5, 0.6) is 0 Å². The van der Waals surface area contributed by atoms with Gasteiger partial charge in [-0.05, 0) is 61.3 Å². The molecule has 7 aliphatic rings. The van der Waals surface area contributed by atoms with Crippen LogP contribution in [0.1, 0.15) is 19.3 Å². The molecule has 0 aromatic carbocycles. The number of fused-ring (bicyclic) bond motifs is 1. The molecule has 7 nitrogen and oxygen atoms in total. The first-order chi connectivity index (χ1) is 15.1. The van der Waals surface area contributed by atoms with E-state index in [4.69, 9.17) is 11.6 Å². The van der Waals surface area contributed by atoms with Gasteiger partial charge in [-0.1, -0.05) is 11.6 Å². The molecule has 6 atom stereocenters. The Labute approximate surface area is 187 Å². The lowest BCUT2D eigenvalue weighted by molar-refractivity contribution is -0.141. The van der Waals surface area contributed by atoms with E-state index in [1.807, 2.05) is 0 Å². The number of nitrogens with zero attached hydrogens (tertiary/aromatic N) is 5. The Bertz CT molecular complexity index is 914. The highest BCUT2D eigenvalue weighted by molar-refractivity contribution is 6.29. The minimum Gasteiger partial charge on any atom is -0.353 e. The number of carbonyl (C=O) groups excluding carboxylic acids is 2. The van der Waals surface area contributed by atoms with Crippen LogP contribution in [-0.2, 0) is 9.59 Å². The van der Waals surface area contributed by atoms with Gasteiger partial charge in [-0.15, -0.1) is 0 Å². The zero-order valence-corrected chi connectivity index (χ0v) is 18.3. The van der Waals surface area contributed by atoms with E-state index >= 15 is 0 Å². The number of hydrogen-bond acceptors (Lipinski definition) is 6. The number of amides is 2. The zero-order chi connectivity index (χ0) is 20.9. The average molecular weight is 442 g/mol. The third-order valence-corrected chi connectivity index (χ3v) is 9.61. The summed E-state index contributed by atoms with van der Waals surface area (Å²) in [6, 6.07) is 0. The van der Waals surface area contributed by atoms with Gasteiger partial charge in [-0.3, -0.25) is 24.4 Å². The highest BCUT2D eigenvalue weighted by Gasteiger charge is 2.83. The topological polar surface area (TPSA) is 69.6 Å². The average Bonchev–Trinajstić information content (AvgIpc) is 3.16. The fourth-order valence-electron chi connectivity index (χ4n) is 8.39. The SMILES string of the molecule is O=C1C2C(C(=O)N1CCCCN1CCN(c3cncc(Cl)n3)CC1)C1C3CC4C(C32)C41. The predicted octanol–water partition coefficient (Wildman–Crippen LogP) is 1.78. The van der Waals surface area contributed by atoms with Crippen LogP contribution in [0.15, 0.2) is 12.4 Å². The Hall–Kier alpha value is -1.73. The van der Waals surface area contributed by atoms with Gasteiger partial charge < -0.3 is 4.90 Å². The molecule has 5 aliphatic carbocycles. The summed E-state index contributed by atoms with van der Waals surface area (Å²) < 4.78 is 0. The maximum absolute atomic E-state index is 13.1. The molecular weight excluding hydrogens is 414 g/mol. The summed E-state index contributed by atoms with van der Waals surface area (Å²) in [6.45, 7) is 5.41. The fourth-order valence-corrected chi connectivity index (χ4v) is 8.53. The van der Waals surface area contributed by atoms with E-state index in [0.717, 1.165) is 69.1 Å². The molecule has 6 unspecified atom stereocenters. The van der Waals surface area contributed by atoms with Crippen molar-refractivity contribution in [1.82, 2.24) is 19.8 Å². The lowest BCUT2D eigenvalue weighted by Crippen LogP contribution is -2.47. The monoisotopic (exact) mass is 441 g/mol. The van der Waals surface area contributed by atoms with Crippen LogP contribution < -0.4 is 4.90 Å². The van der Waals surface area contributed by atoms with Crippen molar-refractivity contribution in [3.05, 3.63) is 17.5 Å². The smallest absolute Gasteiger partial charge is 0.233 e. The summed E-state index contributed by atoms with van der Waals surface area (Å²) in [7, 11) is 0. The van der Waals surface area contributed by atoms with Crippen LogP contribution in [0, 0.1) is 47.3 Å². The maximum Gasteiger partial charge on any atom is 0.233 e. The summed E-state index contributed by atoms with van der Waals surface area (Å²) in [4.78, 5) is 40.9. The number of aromatic nitrogens is 2. The van der Waals surface area contributed by atoms with E-state index in [1.54, 1.807) is 17.3 Å². The molecule has 5 saturated carbocycles. The standard InChI is InChI=1S/C23H28ClN5O2/c24-14-10-25-11-15(26-14)28-7-5-27(6-8-28)3-1-2-4-29-22(30)20-18-13-9-12-16(18)17(12)19(13)21(20)23(29)31/h10-13,16-21H,1-9H2. The quantitative estimate of drug-likeness (QED) is 0.495. The van der Waals surface area contributed by atoms with E-state index in [0.29, 0.717) is 29.5 Å². The van der Waals surface area contributed by atoms with E-state index in [9.17, 15) is 9.59 Å². The molecule has 6 bridgehead atoms. The molecule has 2 amide bonds. The first-order valence-electron chi connectivity index (χ1n) is 11.9. The van der Waals surface area contributed by atoms with Crippen molar-refractivity contribution in [2.24, 2.45) is 47.3 Å². The number of carbonyl (C=O) groups is 2. The minimum absolute atomic E-state index is 0.0546. The summed E-state index contributed by atoms with van der Waals surface area (Å²) in [6.07, 6.45) is 6.56. The number of likely N-dealkylation sites (tertiary alicyclic amines) is 1. The van der Waals surface area contributed by atoms with Crippen LogP contribution in [0.25, 0.3) is 0 Å². The number of hydrogen-bond donors (Lipinski definition) is 0. The number of halogens is 1. The molecule has 0 N–H and O–H groups in total. The van der Waals surface area contributed by atoms with Gasteiger partial charge in [-0.25, -0.2) is 4.98 Å². The van der Waals surface area contributed by atoms with Gasteiger partial charge in [0.15, 0.2) is 0 Å².